The van der Waals surface area contributed by atoms with Crippen LogP contribution >= 0.6 is 0 Å². The van der Waals surface area contributed by atoms with Crippen molar-refractivity contribution in [1.82, 2.24) is 4.98 Å². The second-order valence-electron chi connectivity index (χ2n) is 7.50. The van der Waals surface area contributed by atoms with Crippen LogP contribution in [0.5, 0.6) is 0 Å². The normalized spacial score (nSPS) is 12.6. The predicted molar refractivity (Wildman–Crippen MR) is 120 cm³/mol. The number of rotatable bonds is 6. The van der Waals surface area contributed by atoms with Gasteiger partial charge in [-0.3, -0.25) is 10.1 Å². The molecule has 0 aliphatic heterocycles. The molecule has 1 N–H and O–H groups in total. The van der Waals surface area contributed by atoms with Crippen LogP contribution < -0.4 is 5.32 Å². The van der Waals surface area contributed by atoms with Crippen molar-refractivity contribution in [2.75, 3.05) is 11.6 Å². The number of aryl methyl sites for hydroxylation is 1. The number of carbonyl (C=O) groups excluding carboxylic acids is 1. The standard InChI is InChI=1S/C24H22N2O4S/c1-16-7-3-4-8-18(16)15-20(17-11-13-19(14-12-17)31(2,28)29)23(27)26-24-25-21-9-5-6-10-22(21)30-24/h3-14,20H,15H2,1-2H3,(H,25,26,27)/t20-/m1/s1. The van der Waals surface area contributed by atoms with Crippen LogP contribution in [0.4, 0.5) is 6.01 Å². The Hall–Kier alpha value is -3.45. The number of benzene rings is 3. The Morgan fingerprint density at radius 2 is 1.68 bits per heavy atom. The lowest BCUT2D eigenvalue weighted by Crippen LogP contribution is -2.23. The third kappa shape index (κ3) is 4.67. The Morgan fingerprint density at radius 1 is 1.00 bits per heavy atom. The van der Waals surface area contributed by atoms with Gasteiger partial charge in [-0.2, -0.15) is 4.98 Å². The fraction of sp³-hybridized carbons (Fsp3) is 0.167. The van der Waals surface area contributed by atoms with E-state index in [2.05, 4.69) is 10.3 Å². The topological polar surface area (TPSA) is 89.3 Å². The Balaban J connectivity index is 1.67. The fourth-order valence-electron chi connectivity index (χ4n) is 3.49. The summed E-state index contributed by atoms with van der Waals surface area (Å²) in [5.41, 5.74) is 4.07. The summed E-state index contributed by atoms with van der Waals surface area (Å²) < 4.78 is 29.3. The molecule has 0 radical (unpaired) electrons. The number of sulfone groups is 1. The summed E-state index contributed by atoms with van der Waals surface area (Å²) in [5, 5.41) is 2.78. The predicted octanol–water partition coefficient (Wildman–Crippen LogP) is 4.50. The lowest BCUT2D eigenvalue weighted by Gasteiger charge is -2.18. The summed E-state index contributed by atoms with van der Waals surface area (Å²) in [6, 6.07) is 21.7. The van der Waals surface area contributed by atoms with Crippen molar-refractivity contribution in [3.63, 3.8) is 0 Å². The maximum absolute atomic E-state index is 13.3. The van der Waals surface area contributed by atoms with Crippen LogP contribution in [0, 0.1) is 6.92 Å². The van der Waals surface area contributed by atoms with Gasteiger partial charge >= 0.3 is 6.01 Å². The van der Waals surface area contributed by atoms with Gasteiger partial charge in [-0.15, -0.1) is 0 Å². The third-order valence-electron chi connectivity index (χ3n) is 5.24. The minimum Gasteiger partial charge on any atom is -0.423 e. The van der Waals surface area contributed by atoms with Crippen LogP contribution in [0.25, 0.3) is 11.1 Å². The van der Waals surface area contributed by atoms with Gasteiger partial charge in [0.15, 0.2) is 15.4 Å². The van der Waals surface area contributed by atoms with Crippen molar-refractivity contribution in [3.8, 4) is 0 Å². The average molecular weight is 435 g/mol. The Bertz CT molecular complexity index is 1310. The highest BCUT2D eigenvalue weighted by molar-refractivity contribution is 7.90. The molecule has 0 unspecified atom stereocenters. The van der Waals surface area contributed by atoms with Crippen molar-refractivity contribution < 1.29 is 17.6 Å². The van der Waals surface area contributed by atoms with Crippen molar-refractivity contribution in [2.24, 2.45) is 0 Å². The van der Waals surface area contributed by atoms with Gasteiger partial charge in [0.05, 0.1) is 10.8 Å². The van der Waals surface area contributed by atoms with Gasteiger partial charge in [0.2, 0.25) is 5.91 Å². The summed E-state index contributed by atoms with van der Waals surface area (Å²) >= 11 is 0. The summed E-state index contributed by atoms with van der Waals surface area (Å²) in [6.07, 6.45) is 1.61. The molecule has 1 heterocycles. The molecule has 1 amide bonds. The van der Waals surface area contributed by atoms with Gasteiger partial charge in [0.25, 0.3) is 0 Å². The van der Waals surface area contributed by atoms with Crippen LogP contribution in [-0.2, 0) is 21.1 Å². The van der Waals surface area contributed by atoms with Crippen molar-refractivity contribution in [2.45, 2.75) is 24.2 Å². The van der Waals surface area contributed by atoms with E-state index in [-0.39, 0.29) is 16.8 Å². The lowest BCUT2D eigenvalue weighted by molar-refractivity contribution is -0.117. The molecule has 7 heteroatoms. The molecule has 31 heavy (non-hydrogen) atoms. The van der Waals surface area contributed by atoms with Gasteiger partial charge < -0.3 is 4.42 Å². The number of hydrogen-bond acceptors (Lipinski definition) is 5. The van der Waals surface area contributed by atoms with Crippen LogP contribution in [0.2, 0.25) is 0 Å². The van der Waals surface area contributed by atoms with Gasteiger partial charge in [0.1, 0.15) is 5.52 Å². The maximum Gasteiger partial charge on any atom is 0.302 e. The second-order valence-corrected chi connectivity index (χ2v) is 9.52. The highest BCUT2D eigenvalue weighted by Gasteiger charge is 2.24. The number of oxazole rings is 1. The first-order valence-electron chi connectivity index (χ1n) is 9.82. The zero-order valence-corrected chi connectivity index (χ0v) is 18.0. The van der Waals surface area contributed by atoms with E-state index < -0.39 is 15.8 Å². The molecule has 0 spiro atoms. The molecule has 0 fully saturated rings. The van der Waals surface area contributed by atoms with E-state index in [0.717, 1.165) is 17.4 Å². The number of fused-ring (bicyclic) bond motifs is 1. The molecule has 0 aliphatic carbocycles. The first kappa shape index (κ1) is 20.8. The van der Waals surface area contributed by atoms with E-state index in [0.29, 0.717) is 23.1 Å². The number of hydrogen-bond donors (Lipinski definition) is 1. The molecule has 1 atom stereocenters. The molecule has 0 saturated carbocycles. The molecule has 0 aliphatic rings. The van der Waals surface area contributed by atoms with Crippen LogP contribution in [-0.4, -0.2) is 25.6 Å². The summed E-state index contributed by atoms with van der Waals surface area (Å²) in [7, 11) is -3.32. The molecule has 158 valence electrons. The quantitative estimate of drug-likeness (QED) is 0.482. The number of nitrogens with one attached hydrogen (secondary N) is 1. The van der Waals surface area contributed by atoms with Gasteiger partial charge in [-0.05, 0) is 54.3 Å². The van der Waals surface area contributed by atoms with Gasteiger partial charge in [-0.1, -0.05) is 48.5 Å². The monoisotopic (exact) mass is 434 g/mol. The fourth-order valence-corrected chi connectivity index (χ4v) is 4.12. The minimum atomic E-state index is -3.32. The maximum atomic E-state index is 13.3. The highest BCUT2D eigenvalue weighted by Crippen LogP contribution is 2.27. The second kappa shape index (κ2) is 8.35. The first-order chi connectivity index (χ1) is 14.8. The highest BCUT2D eigenvalue weighted by atomic mass is 32.2. The number of nitrogens with zero attached hydrogens (tertiary/aromatic N) is 1. The van der Waals surface area contributed by atoms with E-state index >= 15 is 0 Å². The zero-order chi connectivity index (χ0) is 22.0. The average Bonchev–Trinajstić information content (AvgIpc) is 3.15. The Morgan fingerprint density at radius 3 is 2.35 bits per heavy atom. The Labute approximate surface area is 180 Å². The molecule has 0 saturated heterocycles. The van der Waals surface area contributed by atoms with Crippen molar-refractivity contribution >= 4 is 32.9 Å². The summed E-state index contributed by atoms with van der Waals surface area (Å²) in [4.78, 5) is 17.8. The van der Waals surface area contributed by atoms with E-state index in [1.807, 2.05) is 49.4 Å². The SMILES string of the molecule is Cc1ccccc1C[C@@H](C(=O)Nc1nc2ccccc2o1)c1ccc(S(C)(=O)=O)cc1. The molecular weight excluding hydrogens is 412 g/mol. The molecule has 1 aromatic heterocycles. The number of amides is 1. The molecule has 0 bridgehead atoms. The minimum absolute atomic E-state index is 0.133. The molecule has 4 aromatic rings. The zero-order valence-electron chi connectivity index (χ0n) is 17.2. The molecule has 4 rings (SSSR count). The van der Waals surface area contributed by atoms with Crippen LogP contribution in [0.1, 0.15) is 22.6 Å². The van der Waals surface area contributed by atoms with E-state index in [1.54, 1.807) is 18.2 Å². The summed E-state index contributed by atoms with van der Waals surface area (Å²) in [5.74, 6) is -0.827. The Kier molecular flexibility index (Phi) is 5.61. The van der Waals surface area contributed by atoms with E-state index in [1.165, 1.54) is 12.1 Å². The molecule has 6 nitrogen and oxygen atoms in total. The smallest absolute Gasteiger partial charge is 0.302 e. The largest absolute Gasteiger partial charge is 0.423 e. The van der Waals surface area contributed by atoms with Crippen LogP contribution in [0.3, 0.4) is 0 Å². The van der Waals surface area contributed by atoms with E-state index in [9.17, 15) is 13.2 Å². The van der Waals surface area contributed by atoms with Crippen LogP contribution in [0.15, 0.2) is 82.1 Å². The molecule has 3 aromatic carbocycles. The molecular formula is C24H22N2O4S. The van der Waals surface area contributed by atoms with Gasteiger partial charge in [-0.25, -0.2) is 8.42 Å². The first-order valence-corrected chi connectivity index (χ1v) is 11.7. The van der Waals surface area contributed by atoms with E-state index in [4.69, 9.17) is 4.42 Å². The van der Waals surface area contributed by atoms with Gasteiger partial charge in [0, 0.05) is 6.26 Å². The number of carbonyl (C=O) groups is 1. The van der Waals surface area contributed by atoms with Crippen molar-refractivity contribution in [1.29, 1.82) is 0 Å². The lowest BCUT2D eigenvalue weighted by atomic mass is 9.89. The number of aromatic nitrogens is 1. The van der Waals surface area contributed by atoms with Crippen molar-refractivity contribution in [3.05, 3.63) is 89.5 Å². The number of para-hydroxylation sites is 2. The third-order valence-corrected chi connectivity index (χ3v) is 6.36. The summed E-state index contributed by atoms with van der Waals surface area (Å²) in [6.45, 7) is 2.00. The number of anilines is 1.